The Labute approximate surface area is 175 Å². The Hall–Kier alpha value is -0.850. The van der Waals surface area contributed by atoms with Crippen molar-refractivity contribution in [3.63, 3.8) is 0 Å². The normalized spacial score (nSPS) is 26.0. The minimum absolute atomic E-state index is 0. The van der Waals surface area contributed by atoms with E-state index in [1.54, 1.807) is 0 Å². The third-order valence-electron chi connectivity index (χ3n) is 5.96. The zero-order chi connectivity index (χ0) is 17.1. The van der Waals surface area contributed by atoms with Crippen LogP contribution in [0.25, 0.3) is 0 Å². The molecular weight excluding hydrogens is 383 g/mol. The molecule has 0 unspecified atom stereocenters. The second-order valence-corrected chi connectivity index (χ2v) is 7.84. The first kappa shape index (κ1) is 22.4. The molecule has 0 radical (unpaired) electrons. The first-order valence-electron chi connectivity index (χ1n) is 9.77. The second-order valence-electron chi connectivity index (χ2n) is 7.84. The van der Waals surface area contributed by atoms with Gasteiger partial charge in [-0.1, -0.05) is 30.3 Å². The number of benzene rings is 1. The van der Waals surface area contributed by atoms with Crippen molar-refractivity contribution in [3.05, 3.63) is 35.9 Å². The van der Waals surface area contributed by atoms with Crippen LogP contribution in [0.3, 0.4) is 0 Å². The summed E-state index contributed by atoms with van der Waals surface area (Å²) < 4.78 is 0. The average molecular weight is 415 g/mol. The lowest BCUT2D eigenvalue weighted by atomic mass is 9.95. The number of carbonyl (C=O) groups is 1. The van der Waals surface area contributed by atoms with E-state index >= 15 is 0 Å². The van der Waals surface area contributed by atoms with Crippen LogP contribution >= 0.6 is 24.8 Å². The molecule has 7 heteroatoms. The highest BCUT2D eigenvalue weighted by Gasteiger charge is 2.36. The predicted molar refractivity (Wildman–Crippen MR) is 114 cm³/mol. The molecule has 1 N–H and O–H groups in total. The molecule has 0 aromatic heterocycles. The molecule has 4 fully saturated rings. The van der Waals surface area contributed by atoms with Gasteiger partial charge in [-0.3, -0.25) is 14.6 Å². The van der Waals surface area contributed by atoms with Crippen LogP contribution in [0.15, 0.2) is 30.3 Å². The van der Waals surface area contributed by atoms with Gasteiger partial charge in [-0.2, -0.15) is 0 Å². The SMILES string of the molecule is Cl.Cl.O=C(CN1C[C@H]2CC[C@@H]1CN(Cc1ccccc1)C2)N1CCNCC1. The van der Waals surface area contributed by atoms with E-state index in [9.17, 15) is 4.79 Å². The number of piperidine rings is 1. The number of hydrogen-bond donors (Lipinski definition) is 1. The molecule has 4 heterocycles. The first-order chi connectivity index (χ1) is 12.3. The van der Waals surface area contributed by atoms with Gasteiger partial charge in [0.25, 0.3) is 0 Å². The average Bonchev–Trinajstić information content (AvgIpc) is 2.94. The van der Waals surface area contributed by atoms with E-state index in [2.05, 4.69) is 45.4 Å². The summed E-state index contributed by atoms with van der Waals surface area (Å²) in [5.74, 6) is 1.03. The van der Waals surface area contributed by atoms with Crippen molar-refractivity contribution in [2.24, 2.45) is 5.92 Å². The largest absolute Gasteiger partial charge is 0.339 e. The lowest BCUT2D eigenvalue weighted by Gasteiger charge is -2.37. The fourth-order valence-corrected chi connectivity index (χ4v) is 4.63. The zero-order valence-electron chi connectivity index (χ0n) is 15.9. The van der Waals surface area contributed by atoms with E-state index in [1.165, 1.54) is 24.9 Å². The Kier molecular flexibility index (Phi) is 8.83. The summed E-state index contributed by atoms with van der Waals surface area (Å²) >= 11 is 0. The summed E-state index contributed by atoms with van der Waals surface area (Å²) in [5.41, 5.74) is 1.40. The molecule has 0 spiro atoms. The smallest absolute Gasteiger partial charge is 0.236 e. The minimum Gasteiger partial charge on any atom is -0.339 e. The lowest BCUT2D eigenvalue weighted by molar-refractivity contribution is -0.134. The van der Waals surface area contributed by atoms with Crippen molar-refractivity contribution in [2.75, 3.05) is 52.4 Å². The van der Waals surface area contributed by atoms with Crippen molar-refractivity contribution in [1.29, 1.82) is 0 Å². The van der Waals surface area contributed by atoms with Crippen molar-refractivity contribution in [3.8, 4) is 0 Å². The molecule has 4 aliphatic rings. The van der Waals surface area contributed by atoms with E-state index in [1.807, 2.05) is 4.90 Å². The van der Waals surface area contributed by atoms with Crippen molar-refractivity contribution < 1.29 is 4.79 Å². The van der Waals surface area contributed by atoms with Crippen LogP contribution in [-0.2, 0) is 11.3 Å². The van der Waals surface area contributed by atoms with Crippen molar-refractivity contribution in [1.82, 2.24) is 20.0 Å². The van der Waals surface area contributed by atoms with E-state index < -0.39 is 0 Å². The zero-order valence-corrected chi connectivity index (χ0v) is 17.5. The molecular formula is C20H32Cl2N4O. The molecule has 152 valence electrons. The van der Waals surface area contributed by atoms with Gasteiger partial charge < -0.3 is 10.2 Å². The summed E-state index contributed by atoms with van der Waals surface area (Å²) in [7, 11) is 0. The molecule has 2 bridgehead atoms. The van der Waals surface area contributed by atoms with E-state index in [4.69, 9.17) is 0 Å². The fraction of sp³-hybridized carbons (Fsp3) is 0.650. The quantitative estimate of drug-likeness (QED) is 0.815. The van der Waals surface area contributed by atoms with Crippen LogP contribution in [0.5, 0.6) is 0 Å². The number of carbonyl (C=O) groups excluding carboxylic acids is 1. The van der Waals surface area contributed by atoms with Crippen LogP contribution in [-0.4, -0.2) is 79.0 Å². The number of piperazine rings is 1. The standard InChI is InChI=1S/C20H30N4O.2ClH/c25-20(23-10-8-21-9-11-23)16-24-14-18-6-7-19(24)15-22(13-18)12-17-4-2-1-3-5-17;;/h1-5,18-19,21H,6-16H2;2*1H/t18-,19+;;/m0../s1. The van der Waals surface area contributed by atoms with Gasteiger partial charge in [-0.25, -0.2) is 0 Å². The van der Waals surface area contributed by atoms with Gasteiger partial charge in [0, 0.05) is 58.4 Å². The van der Waals surface area contributed by atoms with Gasteiger partial charge >= 0.3 is 0 Å². The maximum atomic E-state index is 12.7. The Morgan fingerprint density at radius 3 is 2.48 bits per heavy atom. The second kappa shape index (κ2) is 10.6. The van der Waals surface area contributed by atoms with Crippen LogP contribution in [0.1, 0.15) is 18.4 Å². The maximum Gasteiger partial charge on any atom is 0.236 e. The van der Waals surface area contributed by atoms with E-state index in [0.29, 0.717) is 24.4 Å². The molecule has 2 atom stereocenters. The summed E-state index contributed by atoms with van der Waals surface area (Å²) in [4.78, 5) is 19.8. The highest BCUT2D eigenvalue weighted by Crippen LogP contribution is 2.28. The Balaban J connectivity index is 0.00000131. The summed E-state index contributed by atoms with van der Waals surface area (Å²) in [6.07, 6.45) is 2.55. The summed E-state index contributed by atoms with van der Waals surface area (Å²) in [5, 5.41) is 3.33. The number of fused-ring (bicyclic) bond motifs is 4. The third-order valence-corrected chi connectivity index (χ3v) is 5.96. The number of halogens is 2. The van der Waals surface area contributed by atoms with Crippen LogP contribution in [0, 0.1) is 5.92 Å². The molecule has 0 aliphatic carbocycles. The lowest BCUT2D eigenvalue weighted by Crippen LogP contribution is -2.53. The Bertz CT molecular complexity index is 583. The van der Waals surface area contributed by atoms with Crippen LogP contribution in [0.4, 0.5) is 0 Å². The van der Waals surface area contributed by atoms with Crippen molar-refractivity contribution in [2.45, 2.75) is 25.4 Å². The molecule has 5 rings (SSSR count). The predicted octanol–water partition coefficient (Wildman–Crippen LogP) is 1.86. The molecule has 27 heavy (non-hydrogen) atoms. The minimum atomic E-state index is 0. The van der Waals surface area contributed by atoms with Gasteiger partial charge in [0.2, 0.25) is 5.91 Å². The molecule has 0 saturated carbocycles. The van der Waals surface area contributed by atoms with Gasteiger partial charge in [0.15, 0.2) is 0 Å². The molecule has 5 nitrogen and oxygen atoms in total. The van der Waals surface area contributed by atoms with Crippen LogP contribution < -0.4 is 5.32 Å². The number of nitrogens with one attached hydrogen (secondary N) is 1. The highest BCUT2D eigenvalue weighted by atomic mass is 35.5. The van der Waals surface area contributed by atoms with Crippen molar-refractivity contribution >= 4 is 30.7 Å². The van der Waals surface area contributed by atoms with Gasteiger partial charge in [-0.05, 0) is 24.3 Å². The van der Waals surface area contributed by atoms with Gasteiger partial charge in [0.05, 0.1) is 6.54 Å². The van der Waals surface area contributed by atoms with Gasteiger partial charge in [0.1, 0.15) is 0 Å². The Morgan fingerprint density at radius 1 is 1.00 bits per heavy atom. The first-order valence-corrected chi connectivity index (χ1v) is 9.77. The summed E-state index contributed by atoms with van der Waals surface area (Å²) in [6.45, 7) is 8.60. The molecule has 1 aromatic carbocycles. The Morgan fingerprint density at radius 2 is 1.74 bits per heavy atom. The van der Waals surface area contributed by atoms with E-state index in [-0.39, 0.29) is 24.8 Å². The number of hydrogen-bond acceptors (Lipinski definition) is 4. The van der Waals surface area contributed by atoms with E-state index in [0.717, 1.165) is 45.8 Å². The number of amides is 1. The van der Waals surface area contributed by atoms with Gasteiger partial charge in [-0.15, -0.1) is 24.8 Å². The molecule has 1 amide bonds. The van der Waals surface area contributed by atoms with Crippen LogP contribution in [0.2, 0.25) is 0 Å². The number of rotatable bonds is 4. The number of nitrogens with zero attached hydrogens (tertiary/aromatic N) is 3. The topological polar surface area (TPSA) is 38.8 Å². The maximum absolute atomic E-state index is 12.7. The molecule has 4 saturated heterocycles. The highest BCUT2D eigenvalue weighted by molar-refractivity contribution is 5.85. The summed E-state index contributed by atoms with van der Waals surface area (Å²) in [6, 6.07) is 11.3. The molecule has 4 aliphatic heterocycles. The monoisotopic (exact) mass is 414 g/mol. The fourth-order valence-electron chi connectivity index (χ4n) is 4.63. The molecule has 1 aromatic rings. The third kappa shape index (κ3) is 5.81.